The molecule has 0 fully saturated rings. The normalized spacial score (nSPS) is 12.6. The van der Waals surface area contributed by atoms with E-state index < -0.39 is 46.3 Å². The fourth-order valence-electron chi connectivity index (χ4n) is 3.31. The summed E-state index contributed by atoms with van der Waals surface area (Å²) < 4.78 is 132. The lowest BCUT2D eigenvalue weighted by Gasteiger charge is -2.22. The topological polar surface area (TPSA) is 31.4 Å². The van der Waals surface area contributed by atoms with Crippen molar-refractivity contribution in [2.75, 3.05) is 14.2 Å². The van der Waals surface area contributed by atoms with Crippen LogP contribution in [0.4, 0.5) is 39.5 Å². The Bertz CT molecular complexity index is 1160. The highest BCUT2D eigenvalue weighted by molar-refractivity contribution is 5.79. The monoisotopic (exact) mass is 495 g/mol. The number of hydrogen-bond donors (Lipinski definition) is 0. The Hall–Kier alpha value is -3.44. The molecule has 0 saturated heterocycles. The number of methoxy groups -OCH3 is 2. The molecule has 0 N–H and O–H groups in total. The van der Waals surface area contributed by atoms with Gasteiger partial charge >= 0.3 is 18.5 Å². The van der Waals surface area contributed by atoms with E-state index in [9.17, 15) is 39.5 Å². The minimum atomic E-state index is -5.52. The zero-order valence-electron chi connectivity index (χ0n) is 17.3. The molecule has 1 aromatic heterocycles. The summed E-state index contributed by atoms with van der Waals surface area (Å²) in [6.07, 6.45) is -15.1. The number of pyridine rings is 1. The average molecular weight is 495 g/mol. The number of hydrogen-bond acceptors (Lipinski definition) is 3. The third-order valence-electron chi connectivity index (χ3n) is 4.81. The van der Waals surface area contributed by atoms with E-state index in [1.54, 1.807) is 0 Å². The number of nitrogens with zero attached hydrogens (tertiary/aromatic N) is 1. The second kappa shape index (κ2) is 8.73. The van der Waals surface area contributed by atoms with Crippen LogP contribution in [0.2, 0.25) is 0 Å². The first-order valence-corrected chi connectivity index (χ1v) is 9.25. The lowest BCUT2D eigenvalue weighted by molar-refractivity contribution is -0.147. The molecule has 2 aromatic carbocycles. The molecule has 0 aliphatic carbocycles. The van der Waals surface area contributed by atoms with Crippen LogP contribution in [0.5, 0.6) is 11.5 Å². The highest BCUT2D eigenvalue weighted by atomic mass is 19.4. The van der Waals surface area contributed by atoms with Crippen molar-refractivity contribution in [2.45, 2.75) is 18.5 Å². The van der Waals surface area contributed by atoms with Gasteiger partial charge in [0.15, 0.2) is 0 Å². The molecule has 0 unspecified atom stereocenters. The van der Waals surface area contributed by atoms with E-state index >= 15 is 0 Å². The van der Waals surface area contributed by atoms with Gasteiger partial charge in [0.2, 0.25) is 0 Å². The molecular formula is C22H14F9NO2. The SMILES string of the molecule is COc1ccnc(-c2ccc(-c3c(C(F)(F)F)cc(C(F)(F)F)cc3C(F)(F)F)cc2OC)c1. The maximum Gasteiger partial charge on any atom is 0.417 e. The first kappa shape index (κ1) is 25.2. The Morgan fingerprint density at radius 3 is 1.74 bits per heavy atom. The molecule has 0 amide bonds. The van der Waals surface area contributed by atoms with Crippen LogP contribution in [-0.4, -0.2) is 19.2 Å². The smallest absolute Gasteiger partial charge is 0.417 e. The number of halogens is 9. The van der Waals surface area contributed by atoms with E-state index in [1.165, 1.54) is 25.4 Å². The quantitative estimate of drug-likeness (QED) is 0.352. The van der Waals surface area contributed by atoms with Gasteiger partial charge in [-0.1, -0.05) is 6.07 Å². The molecule has 0 atom stereocenters. The Kier molecular flexibility index (Phi) is 6.47. The summed E-state index contributed by atoms with van der Waals surface area (Å²) in [4.78, 5) is 4.08. The molecule has 0 saturated carbocycles. The van der Waals surface area contributed by atoms with Crippen molar-refractivity contribution in [3.8, 4) is 33.9 Å². The molecule has 0 aliphatic rings. The average Bonchev–Trinajstić information content (AvgIpc) is 2.76. The summed E-state index contributed by atoms with van der Waals surface area (Å²) in [5, 5.41) is 0. The van der Waals surface area contributed by atoms with Crippen LogP contribution in [0.3, 0.4) is 0 Å². The fraction of sp³-hybridized carbons (Fsp3) is 0.227. The summed E-state index contributed by atoms with van der Waals surface area (Å²) in [6, 6.07) is 5.25. The molecule has 182 valence electrons. The van der Waals surface area contributed by atoms with Crippen molar-refractivity contribution in [3.63, 3.8) is 0 Å². The van der Waals surface area contributed by atoms with Crippen molar-refractivity contribution in [1.82, 2.24) is 4.98 Å². The van der Waals surface area contributed by atoms with Crippen LogP contribution >= 0.6 is 0 Å². The highest BCUT2D eigenvalue weighted by Crippen LogP contribution is 2.48. The highest BCUT2D eigenvalue weighted by Gasteiger charge is 2.45. The van der Waals surface area contributed by atoms with Crippen molar-refractivity contribution < 1.29 is 49.0 Å². The van der Waals surface area contributed by atoms with Crippen LogP contribution in [-0.2, 0) is 18.5 Å². The van der Waals surface area contributed by atoms with Crippen LogP contribution in [0.15, 0.2) is 48.7 Å². The molecule has 3 aromatic rings. The van der Waals surface area contributed by atoms with E-state index in [1.807, 2.05) is 0 Å². The number of benzene rings is 2. The van der Waals surface area contributed by atoms with Crippen LogP contribution < -0.4 is 9.47 Å². The van der Waals surface area contributed by atoms with Crippen LogP contribution in [0.1, 0.15) is 16.7 Å². The molecule has 1 heterocycles. The molecule has 34 heavy (non-hydrogen) atoms. The van der Waals surface area contributed by atoms with Crippen LogP contribution in [0, 0.1) is 0 Å². The summed E-state index contributed by atoms with van der Waals surface area (Å²) in [6.45, 7) is 0. The van der Waals surface area contributed by atoms with Gasteiger partial charge in [0.25, 0.3) is 0 Å². The summed E-state index contributed by atoms with van der Waals surface area (Å²) in [5.74, 6) is 0.219. The predicted molar refractivity (Wildman–Crippen MR) is 103 cm³/mol. The van der Waals surface area contributed by atoms with Crippen molar-refractivity contribution >= 4 is 0 Å². The van der Waals surface area contributed by atoms with E-state index in [2.05, 4.69) is 4.98 Å². The maximum atomic E-state index is 13.7. The Morgan fingerprint density at radius 2 is 1.26 bits per heavy atom. The van der Waals surface area contributed by atoms with Gasteiger partial charge in [0.05, 0.1) is 36.6 Å². The second-order valence-electron chi connectivity index (χ2n) is 6.94. The van der Waals surface area contributed by atoms with Gasteiger partial charge < -0.3 is 9.47 Å². The lowest BCUT2D eigenvalue weighted by Crippen LogP contribution is -2.18. The van der Waals surface area contributed by atoms with Gasteiger partial charge in [-0.15, -0.1) is 0 Å². The zero-order valence-corrected chi connectivity index (χ0v) is 17.3. The van der Waals surface area contributed by atoms with E-state index in [4.69, 9.17) is 9.47 Å². The third kappa shape index (κ3) is 5.05. The fourth-order valence-corrected chi connectivity index (χ4v) is 3.31. The minimum Gasteiger partial charge on any atom is -0.497 e. The molecule has 3 rings (SSSR count). The first-order chi connectivity index (χ1) is 15.7. The van der Waals surface area contributed by atoms with Gasteiger partial charge in [-0.2, -0.15) is 39.5 Å². The van der Waals surface area contributed by atoms with Crippen LogP contribution in [0.25, 0.3) is 22.4 Å². The van der Waals surface area contributed by atoms with Gasteiger partial charge in [0.1, 0.15) is 11.5 Å². The lowest BCUT2D eigenvalue weighted by atomic mass is 9.90. The number of ether oxygens (including phenoxy) is 2. The number of aromatic nitrogens is 1. The number of rotatable bonds is 4. The van der Waals surface area contributed by atoms with Gasteiger partial charge in [-0.25, -0.2) is 0 Å². The van der Waals surface area contributed by atoms with E-state index in [0.717, 1.165) is 25.3 Å². The molecular weight excluding hydrogens is 481 g/mol. The summed E-state index contributed by atoms with van der Waals surface area (Å²) in [5.41, 5.74) is -7.87. The van der Waals surface area contributed by atoms with E-state index in [0.29, 0.717) is 5.75 Å². The van der Waals surface area contributed by atoms with E-state index in [-0.39, 0.29) is 29.1 Å². The molecule has 0 radical (unpaired) electrons. The third-order valence-corrected chi connectivity index (χ3v) is 4.81. The Balaban J connectivity index is 2.34. The Labute approximate surface area is 186 Å². The second-order valence-corrected chi connectivity index (χ2v) is 6.94. The summed E-state index contributed by atoms with van der Waals surface area (Å²) in [7, 11) is 2.51. The predicted octanol–water partition coefficient (Wildman–Crippen LogP) is 7.49. The molecule has 0 aliphatic heterocycles. The van der Waals surface area contributed by atoms with Crippen molar-refractivity contribution in [1.29, 1.82) is 0 Å². The minimum absolute atomic E-state index is 0.153. The van der Waals surface area contributed by atoms with Crippen molar-refractivity contribution in [3.05, 3.63) is 65.4 Å². The largest absolute Gasteiger partial charge is 0.497 e. The molecule has 0 bridgehead atoms. The molecule has 3 nitrogen and oxygen atoms in total. The zero-order chi connectivity index (χ0) is 25.5. The molecule has 0 spiro atoms. The van der Waals surface area contributed by atoms with Gasteiger partial charge in [-0.05, 0) is 35.9 Å². The van der Waals surface area contributed by atoms with Gasteiger partial charge in [-0.3, -0.25) is 4.98 Å². The maximum absolute atomic E-state index is 13.7. The van der Waals surface area contributed by atoms with Gasteiger partial charge in [0, 0.05) is 23.4 Å². The standard InChI is InChI=1S/C22H14F9NO2/c1-33-13-5-6-32-17(10-13)14-4-3-11(7-18(14)34-2)19-15(21(26,27)28)8-12(20(23,24)25)9-16(19)22(29,30)31/h3-10H,1-2H3. The Morgan fingerprint density at radius 1 is 0.676 bits per heavy atom. The molecule has 12 heteroatoms. The van der Waals surface area contributed by atoms with Crippen molar-refractivity contribution in [2.24, 2.45) is 0 Å². The number of alkyl halides is 9. The summed E-state index contributed by atoms with van der Waals surface area (Å²) >= 11 is 0. The first-order valence-electron chi connectivity index (χ1n) is 9.25.